The summed E-state index contributed by atoms with van der Waals surface area (Å²) in [6.07, 6.45) is 0.136. The highest BCUT2D eigenvalue weighted by atomic mass is 16.3. The molecular formula is C13H15N3O2. The molecule has 0 spiro atoms. The molecular weight excluding hydrogens is 230 g/mol. The van der Waals surface area contributed by atoms with Crippen molar-refractivity contribution in [3.05, 3.63) is 41.6 Å². The van der Waals surface area contributed by atoms with E-state index in [1.54, 1.807) is 42.1 Å². The number of phenolic OH excluding ortho intramolecular Hbond substituents is 1. The first kappa shape index (κ1) is 12.2. The number of benzene rings is 1. The van der Waals surface area contributed by atoms with Crippen LogP contribution in [0.1, 0.15) is 11.3 Å². The fourth-order valence-electron chi connectivity index (χ4n) is 1.75. The molecule has 94 valence electrons. The number of aryl methyl sites for hydroxylation is 2. The third-order valence-corrected chi connectivity index (χ3v) is 2.61. The lowest BCUT2D eigenvalue weighted by Gasteiger charge is -2.06. The van der Waals surface area contributed by atoms with Crippen molar-refractivity contribution in [2.75, 3.05) is 5.32 Å². The number of phenols is 1. The third-order valence-electron chi connectivity index (χ3n) is 2.61. The maximum absolute atomic E-state index is 11.8. The largest absolute Gasteiger partial charge is 0.508 e. The Bertz CT molecular complexity index is 575. The minimum Gasteiger partial charge on any atom is -0.508 e. The van der Waals surface area contributed by atoms with Gasteiger partial charge >= 0.3 is 0 Å². The molecule has 5 heteroatoms. The van der Waals surface area contributed by atoms with Crippen LogP contribution in [0.3, 0.4) is 0 Å². The smallest absolute Gasteiger partial charge is 0.230 e. The topological polar surface area (TPSA) is 67.2 Å². The van der Waals surface area contributed by atoms with E-state index in [1.165, 1.54) is 0 Å². The molecule has 0 atom stereocenters. The Kier molecular flexibility index (Phi) is 3.32. The maximum atomic E-state index is 11.8. The first-order chi connectivity index (χ1) is 8.56. The van der Waals surface area contributed by atoms with E-state index < -0.39 is 0 Å². The molecule has 5 nitrogen and oxygen atoms in total. The van der Waals surface area contributed by atoms with Crippen LogP contribution in [0.2, 0.25) is 0 Å². The van der Waals surface area contributed by atoms with Crippen molar-refractivity contribution in [2.45, 2.75) is 13.3 Å². The summed E-state index contributed by atoms with van der Waals surface area (Å²) in [6, 6.07) is 8.60. The Morgan fingerprint density at radius 3 is 2.78 bits per heavy atom. The number of aromatic nitrogens is 2. The lowest BCUT2D eigenvalue weighted by atomic mass is 10.1. The first-order valence-electron chi connectivity index (χ1n) is 5.63. The summed E-state index contributed by atoms with van der Waals surface area (Å²) in [5, 5.41) is 16.5. The molecule has 18 heavy (non-hydrogen) atoms. The molecule has 0 fully saturated rings. The highest BCUT2D eigenvalue weighted by Gasteiger charge is 2.09. The van der Waals surface area contributed by atoms with Gasteiger partial charge in [-0.3, -0.25) is 9.48 Å². The molecule has 0 saturated heterocycles. The molecule has 1 heterocycles. The number of rotatable bonds is 3. The average Bonchev–Trinajstić information content (AvgIpc) is 2.61. The fraction of sp³-hybridized carbons (Fsp3) is 0.231. The van der Waals surface area contributed by atoms with Gasteiger partial charge in [-0.1, -0.05) is 18.2 Å². The number of aromatic hydroxyl groups is 1. The van der Waals surface area contributed by atoms with Crippen molar-refractivity contribution in [3.8, 4) is 5.75 Å². The zero-order chi connectivity index (χ0) is 13.1. The van der Waals surface area contributed by atoms with Gasteiger partial charge in [-0.05, 0) is 13.0 Å². The summed E-state index contributed by atoms with van der Waals surface area (Å²) in [4.78, 5) is 11.8. The second kappa shape index (κ2) is 4.91. The zero-order valence-corrected chi connectivity index (χ0v) is 10.3. The quantitative estimate of drug-likeness (QED) is 0.863. The summed E-state index contributed by atoms with van der Waals surface area (Å²) < 4.78 is 1.61. The van der Waals surface area contributed by atoms with Gasteiger partial charge in [-0.25, -0.2) is 0 Å². The monoisotopic (exact) mass is 245 g/mol. The van der Waals surface area contributed by atoms with Gasteiger partial charge in [-0.15, -0.1) is 0 Å². The number of anilines is 1. The molecule has 0 unspecified atom stereocenters. The van der Waals surface area contributed by atoms with E-state index in [0.29, 0.717) is 11.4 Å². The van der Waals surface area contributed by atoms with Gasteiger partial charge in [0.25, 0.3) is 0 Å². The van der Waals surface area contributed by atoms with Gasteiger partial charge in [-0.2, -0.15) is 5.10 Å². The highest BCUT2D eigenvalue weighted by molar-refractivity contribution is 5.91. The third kappa shape index (κ3) is 2.68. The Balaban J connectivity index is 2.06. The second-order valence-electron chi connectivity index (χ2n) is 4.15. The molecule has 1 aromatic heterocycles. The van der Waals surface area contributed by atoms with Crippen LogP contribution < -0.4 is 5.32 Å². The number of carbonyl (C=O) groups excluding carboxylic acids is 1. The van der Waals surface area contributed by atoms with Crippen molar-refractivity contribution in [3.63, 3.8) is 0 Å². The molecule has 0 radical (unpaired) electrons. The fourth-order valence-corrected chi connectivity index (χ4v) is 1.75. The molecule has 0 aliphatic carbocycles. The van der Waals surface area contributed by atoms with E-state index in [4.69, 9.17) is 0 Å². The lowest BCUT2D eigenvalue weighted by Crippen LogP contribution is -2.16. The Morgan fingerprint density at radius 2 is 2.17 bits per heavy atom. The van der Waals surface area contributed by atoms with Crippen LogP contribution in [-0.2, 0) is 18.3 Å². The molecule has 2 rings (SSSR count). The first-order valence-corrected chi connectivity index (χ1v) is 5.63. The second-order valence-corrected chi connectivity index (χ2v) is 4.15. The van der Waals surface area contributed by atoms with Gasteiger partial charge in [0.05, 0.1) is 12.1 Å². The van der Waals surface area contributed by atoms with Crippen molar-refractivity contribution in [2.24, 2.45) is 7.05 Å². The zero-order valence-electron chi connectivity index (χ0n) is 10.3. The van der Waals surface area contributed by atoms with Crippen LogP contribution in [0.25, 0.3) is 0 Å². The molecule has 2 N–H and O–H groups in total. The Labute approximate surface area is 105 Å². The number of para-hydroxylation sites is 1. The SMILES string of the molecule is Cc1cc(NC(=O)Cc2ccccc2O)n(C)n1. The predicted molar refractivity (Wildman–Crippen MR) is 68.4 cm³/mol. The molecule has 1 amide bonds. The van der Waals surface area contributed by atoms with Crippen molar-refractivity contribution in [1.29, 1.82) is 0 Å². The summed E-state index contributed by atoms with van der Waals surface area (Å²) in [5.41, 5.74) is 1.45. The maximum Gasteiger partial charge on any atom is 0.230 e. The van der Waals surface area contributed by atoms with Crippen molar-refractivity contribution in [1.82, 2.24) is 9.78 Å². The van der Waals surface area contributed by atoms with E-state index in [0.717, 1.165) is 5.69 Å². The minimum atomic E-state index is -0.181. The van der Waals surface area contributed by atoms with Gasteiger partial charge in [0.2, 0.25) is 5.91 Å². The van der Waals surface area contributed by atoms with Crippen LogP contribution in [0, 0.1) is 6.92 Å². The lowest BCUT2D eigenvalue weighted by molar-refractivity contribution is -0.115. The summed E-state index contributed by atoms with van der Waals surface area (Å²) in [7, 11) is 1.77. The van der Waals surface area contributed by atoms with Crippen LogP contribution in [0.15, 0.2) is 30.3 Å². The van der Waals surface area contributed by atoms with Gasteiger partial charge < -0.3 is 10.4 Å². The molecule has 0 saturated carbocycles. The number of hydrogen-bond donors (Lipinski definition) is 2. The van der Waals surface area contributed by atoms with Crippen molar-refractivity contribution < 1.29 is 9.90 Å². The molecule has 0 aliphatic heterocycles. The molecule has 1 aromatic carbocycles. The highest BCUT2D eigenvalue weighted by Crippen LogP contribution is 2.17. The van der Waals surface area contributed by atoms with E-state index in [2.05, 4.69) is 10.4 Å². The van der Waals surface area contributed by atoms with Crippen LogP contribution in [0.4, 0.5) is 5.82 Å². The van der Waals surface area contributed by atoms with Gasteiger partial charge in [0.15, 0.2) is 0 Å². The van der Waals surface area contributed by atoms with Crippen LogP contribution in [0.5, 0.6) is 5.75 Å². The standard InChI is InChI=1S/C13H15N3O2/c1-9-7-12(16(2)15-9)14-13(18)8-10-5-3-4-6-11(10)17/h3-7,17H,8H2,1-2H3,(H,14,18). The number of nitrogens with one attached hydrogen (secondary N) is 1. The average molecular weight is 245 g/mol. The molecule has 0 bridgehead atoms. The number of amides is 1. The Morgan fingerprint density at radius 1 is 1.44 bits per heavy atom. The number of nitrogens with zero attached hydrogens (tertiary/aromatic N) is 2. The Hall–Kier alpha value is -2.30. The normalized spacial score (nSPS) is 10.3. The molecule has 0 aliphatic rings. The van der Waals surface area contributed by atoms with Gasteiger partial charge in [0.1, 0.15) is 11.6 Å². The summed E-state index contributed by atoms with van der Waals surface area (Å²) in [5.74, 6) is 0.598. The van der Waals surface area contributed by atoms with Crippen molar-refractivity contribution >= 4 is 11.7 Å². The van der Waals surface area contributed by atoms with Crippen LogP contribution in [-0.4, -0.2) is 20.8 Å². The van der Waals surface area contributed by atoms with E-state index in [1.807, 2.05) is 6.92 Å². The van der Waals surface area contributed by atoms with Crippen LogP contribution >= 0.6 is 0 Å². The summed E-state index contributed by atoms with van der Waals surface area (Å²) >= 11 is 0. The van der Waals surface area contributed by atoms with E-state index >= 15 is 0 Å². The van der Waals surface area contributed by atoms with E-state index in [9.17, 15) is 9.90 Å². The van der Waals surface area contributed by atoms with E-state index in [-0.39, 0.29) is 18.1 Å². The van der Waals surface area contributed by atoms with Gasteiger partial charge in [0, 0.05) is 18.7 Å². The number of carbonyl (C=O) groups is 1. The summed E-state index contributed by atoms with van der Waals surface area (Å²) in [6.45, 7) is 1.86. The predicted octanol–water partition coefficient (Wildman–Crippen LogP) is 1.62. The minimum absolute atomic E-state index is 0.133. The number of hydrogen-bond acceptors (Lipinski definition) is 3. The molecule has 2 aromatic rings.